The molecule has 11 heteroatoms. The Morgan fingerprint density at radius 3 is 2.45 bits per heavy atom. The molecular weight excluding hydrogens is 464 g/mol. The van der Waals surface area contributed by atoms with Gasteiger partial charge in [-0.05, 0) is 35.9 Å². The maximum absolute atomic E-state index is 12.9. The largest absolute Gasteiger partial charge is 0.298 e. The summed E-state index contributed by atoms with van der Waals surface area (Å²) < 4.78 is 27.6. The summed E-state index contributed by atoms with van der Waals surface area (Å²) in [5.41, 5.74) is 1.44. The number of carbonyl (C=O) groups is 1. The van der Waals surface area contributed by atoms with E-state index in [1.807, 2.05) is 30.3 Å². The van der Waals surface area contributed by atoms with Crippen molar-refractivity contribution in [3.63, 3.8) is 0 Å². The monoisotopic (exact) mass is 482 g/mol. The molecule has 3 aromatic carbocycles. The number of hydrogen-bond donors (Lipinski definition) is 1. The number of rotatable bonds is 7. The molecular formula is C22H18N4O5S2. The first kappa shape index (κ1) is 22.5. The van der Waals surface area contributed by atoms with Gasteiger partial charge >= 0.3 is 0 Å². The summed E-state index contributed by atoms with van der Waals surface area (Å²) >= 11 is 1.18. The minimum Gasteiger partial charge on any atom is -0.298 e. The van der Waals surface area contributed by atoms with Crippen LogP contribution in [0.5, 0.6) is 0 Å². The maximum atomic E-state index is 12.9. The zero-order chi connectivity index (χ0) is 23.6. The molecule has 0 saturated carbocycles. The number of thiazole rings is 1. The van der Waals surface area contributed by atoms with Gasteiger partial charge in [0.1, 0.15) is 0 Å². The minimum absolute atomic E-state index is 0.0739. The summed E-state index contributed by atoms with van der Waals surface area (Å²) in [5, 5.41) is 13.8. The summed E-state index contributed by atoms with van der Waals surface area (Å²) in [5.74, 6) is -0.467. The van der Waals surface area contributed by atoms with Crippen molar-refractivity contribution in [1.82, 2.24) is 9.29 Å². The number of non-ortho nitro benzene ring substituents is 1. The van der Waals surface area contributed by atoms with Crippen molar-refractivity contribution in [2.75, 3.05) is 12.4 Å². The molecule has 1 aromatic heterocycles. The number of nitro groups is 1. The molecule has 0 saturated heterocycles. The Morgan fingerprint density at radius 1 is 1.09 bits per heavy atom. The molecule has 0 bridgehead atoms. The van der Waals surface area contributed by atoms with Gasteiger partial charge in [-0.2, -0.15) is 4.31 Å². The minimum atomic E-state index is -3.73. The van der Waals surface area contributed by atoms with Gasteiger partial charge in [0.15, 0.2) is 5.13 Å². The molecule has 1 N–H and O–H groups in total. The fourth-order valence-electron chi connectivity index (χ4n) is 3.14. The molecule has 0 aliphatic rings. The average Bonchev–Trinajstić information content (AvgIpc) is 3.21. The predicted molar refractivity (Wildman–Crippen MR) is 126 cm³/mol. The molecule has 1 heterocycles. The van der Waals surface area contributed by atoms with Crippen LogP contribution < -0.4 is 5.32 Å². The van der Waals surface area contributed by atoms with Gasteiger partial charge in [-0.3, -0.25) is 20.2 Å². The zero-order valence-corrected chi connectivity index (χ0v) is 19.0. The Hall–Kier alpha value is -3.67. The Balaban J connectivity index is 1.47. The van der Waals surface area contributed by atoms with Gasteiger partial charge in [-0.25, -0.2) is 13.4 Å². The molecule has 33 heavy (non-hydrogen) atoms. The van der Waals surface area contributed by atoms with Gasteiger partial charge in [0.25, 0.3) is 11.6 Å². The van der Waals surface area contributed by atoms with E-state index < -0.39 is 20.9 Å². The predicted octanol–water partition coefficient (Wildman–Crippen LogP) is 4.28. The molecule has 0 radical (unpaired) electrons. The highest BCUT2D eigenvalue weighted by Gasteiger charge is 2.21. The number of benzene rings is 3. The van der Waals surface area contributed by atoms with Gasteiger partial charge in [0, 0.05) is 31.3 Å². The molecule has 0 fully saturated rings. The van der Waals surface area contributed by atoms with E-state index in [9.17, 15) is 23.3 Å². The fourth-order valence-corrected chi connectivity index (χ4v) is 5.14. The van der Waals surface area contributed by atoms with Gasteiger partial charge in [0.05, 0.1) is 20.0 Å². The molecule has 168 valence electrons. The van der Waals surface area contributed by atoms with Crippen LogP contribution in [0.25, 0.3) is 10.2 Å². The number of hydrogen-bond acceptors (Lipinski definition) is 7. The number of sulfonamides is 1. The number of nitrogens with zero attached hydrogens (tertiary/aromatic N) is 3. The molecule has 0 spiro atoms. The topological polar surface area (TPSA) is 123 Å². The van der Waals surface area contributed by atoms with Crippen LogP contribution in [0.2, 0.25) is 0 Å². The van der Waals surface area contributed by atoms with Crippen molar-refractivity contribution in [2.24, 2.45) is 0 Å². The van der Waals surface area contributed by atoms with Crippen molar-refractivity contribution < 1.29 is 18.1 Å². The third-order valence-corrected chi connectivity index (χ3v) is 7.64. The number of fused-ring (bicyclic) bond motifs is 1. The third-order valence-electron chi connectivity index (χ3n) is 4.88. The van der Waals surface area contributed by atoms with E-state index in [2.05, 4.69) is 10.3 Å². The molecule has 0 aliphatic carbocycles. The van der Waals surface area contributed by atoms with E-state index in [0.717, 1.165) is 5.56 Å². The lowest BCUT2D eigenvalue weighted by Crippen LogP contribution is -2.26. The second kappa shape index (κ2) is 9.06. The standard InChI is InChI=1S/C22H18N4O5S2/c1-25(14-15-5-3-2-4-6-15)33(30,31)18-10-7-16(8-11-18)21(27)24-22-23-19-13-17(26(28)29)9-12-20(19)32-22/h2-13H,14H2,1H3,(H,23,24,27). The van der Waals surface area contributed by atoms with Gasteiger partial charge in [0.2, 0.25) is 10.0 Å². The first-order valence-electron chi connectivity index (χ1n) is 9.71. The molecule has 1 amide bonds. The van der Waals surface area contributed by atoms with E-state index in [1.54, 1.807) is 6.07 Å². The Kier molecular flexibility index (Phi) is 6.18. The lowest BCUT2D eigenvalue weighted by Gasteiger charge is -2.17. The first-order chi connectivity index (χ1) is 15.7. The van der Waals surface area contributed by atoms with Gasteiger partial charge < -0.3 is 0 Å². The van der Waals surface area contributed by atoms with Crippen LogP contribution in [0.15, 0.2) is 77.7 Å². The van der Waals surface area contributed by atoms with Crippen molar-refractivity contribution >= 4 is 48.3 Å². The number of amides is 1. The van der Waals surface area contributed by atoms with Crippen LogP contribution in [0.4, 0.5) is 10.8 Å². The summed E-state index contributed by atoms with van der Waals surface area (Å²) in [6, 6.07) is 19.2. The molecule has 0 unspecified atom stereocenters. The SMILES string of the molecule is CN(Cc1ccccc1)S(=O)(=O)c1ccc(C(=O)Nc2nc3cc([N+](=O)[O-])ccc3s2)cc1. The van der Waals surface area contributed by atoms with Gasteiger partial charge in [-0.1, -0.05) is 41.7 Å². The second-order valence-corrected chi connectivity index (χ2v) is 10.2. The van der Waals surface area contributed by atoms with Crippen molar-refractivity contribution in [1.29, 1.82) is 0 Å². The molecule has 0 atom stereocenters. The van der Waals surface area contributed by atoms with Crippen LogP contribution in [0, 0.1) is 10.1 Å². The highest BCUT2D eigenvalue weighted by molar-refractivity contribution is 7.89. The Labute approximate surface area is 193 Å². The average molecular weight is 483 g/mol. The zero-order valence-electron chi connectivity index (χ0n) is 17.3. The molecule has 0 aliphatic heterocycles. The number of aromatic nitrogens is 1. The highest BCUT2D eigenvalue weighted by Crippen LogP contribution is 2.29. The van der Waals surface area contributed by atoms with E-state index >= 15 is 0 Å². The van der Waals surface area contributed by atoms with Crippen molar-refractivity contribution in [3.8, 4) is 0 Å². The second-order valence-electron chi connectivity index (χ2n) is 7.15. The van der Waals surface area contributed by atoms with E-state index in [1.165, 1.54) is 59.1 Å². The number of nitro benzene ring substituents is 1. The molecule has 4 aromatic rings. The van der Waals surface area contributed by atoms with Crippen LogP contribution in [0.3, 0.4) is 0 Å². The van der Waals surface area contributed by atoms with Crippen LogP contribution in [-0.2, 0) is 16.6 Å². The highest BCUT2D eigenvalue weighted by atomic mass is 32.2. The van der Waals surface area contributed by atoms with Crippen LogP contribution in [0.1, 0.15) is 15.9 Å². The summed E-state index contributed by atoms with van der Waals surface area (Å²) in [4.78, 5) is 27.3. The maximum Gasteiger partial charge on any atom is 0.271 e. The van der Waals surface area contributed by atoms with E-state index in [-0.39, 0.29) is 27.8 Å². The fraction of sp³-hybridized carbons (Fsp3) is 0.0909. The number of anilines is 1. The Bertz CT molecular complexity index is 1430. The number of nitrogens with one attached hydrogen (secondary N) is 1. The summed E-state index contributed by atoms with van der Waals surface area (Å²) in [6.07, 6.45) is 0. The summed E-state index contributed by atoms with van der Waals surface area (Å²) in [7, 11) is -2.23. The lowest BCUT2D eigenvalue weighted by molar-refractivity contribution is -0.384. The van der Waals surface area contributed by atoms with Crippen LogP contribution >= 0.6 is 11.3 Å². The first-order valence-corrected chi connectivity index (χ1v) is 12.0. The molecule has 4 rings (SSSR count). The van der Waals surface area contributed by atoms with Crippen LogP contribution in [-0.4, -0.2) is 35.6 Å². The quantitative estimate of drug-likeness (QED) is 0.310. The summed E-state index contributed by atoms with van der Waals surface area (Å²) in [6.45, 7) is 0.223. The smallest absolute Gasteiger partial charge is 0.271 e. The van der Waals surface area contributed by atoms with E-state index in [4.69, 9.17) is 0 Å². The van der Waals surface area contributed by atoms with Crippen molar-refractivity contribution in [3.05, 3.63) is 94.0 Å². The van der Waals surface area contributed by atoms with Crippen molar-refractivity contribution in [2.45, 2.75) is 11.4 Å². The Morgan fingerprint density at radius 2 is 1.79 bits per heavy atom. The normalized spacial score (nSPS) is 11.6. The van der Waals surface area contributed by atoms with Gasteiger partial charge in [-0.15, -0.1) is 0 Å². The number of carbonyl (C=O) groups excluding carboxylic acids is 1. The van der Waals surface area contributed by atoms with E-state index in [0.29, 0.717) is 10.2 Å². The molecule has 9 nitrogen and oxygen atoms in total. The lowest BCUT2D eigenvalue weighted by atomic mass is 10.2. The third kappa shape index (κ3) is 4.90.